The number of fused-ring (bicyclic) bond motifs is 5. The Bertz CT molecular complexity index is 2800. The number of pyridine rings is 3. The number of rotatable bonds is 4. The number of nitriles is 2. The summed E-state index contributed by atoms with van der Waals surface area (Å²) in [4.78, 5) is 13.8. The predicted octanol–water partition coefficient (Wildman–Crippen LogP) is 9.18. The van der Waals surface area contributed by atoms with Gasteiger partial charge in [0.2, 0.25) is 0 Å². The van der Waals surface area contributed by atoms with Crippen molar-refractivity contribution in [1.29, 1.82) is 10.5 Å². The fraction of sp³-hybridized carbons (Fsp3) is 0.0238. The van der Waals surface area contributed by atoms with Crippen molar-refractivity contribution in [3.63, 3.8) is 0 Å². The highest BCUT2D eigenvalue weighted by molar-refractivity contribution is 6.23. The van der Waals surface area contributed by atoms with E-state index in [-0.39, 0.29) is 0 Å². The highest BCUT2D eigenvalue weighted by Crippen LogP contribution is 2.45. The summed E-state index contributed by atoms with van der Waals surface area (Å²) < 4.78 is 6.41. The second-order valence-electron chi connectivity index (χ2n) is 11.9. The van der Waals surface area contributed by atoms with E-state index in [0.29, 0.717) is 29.1 Å². The van der Waals surface area contributed by atoms with Crippen LogP contribution in [0.5, 0.6) is 0 Å². The molecule has 7 heteroatoms. The maximum absolute atomic E-state index is 9.41. The molecule has 7 nitrogen and oxygen atoms in total. The van der Waals surface area contributed by atoms with Gasteiger partial charge in [0.1, 0.15) is 11.2 Å². The largest absolute Gasteiger partial charge is 0.456 e. The van der Waals surface area contributed by atoms with E-state index >= 15 is 0 Å². The van der Waals surface area contributed by atoms with Gasteiger partial charge in [0.05, 0.1) is 46.0 Å². The number of para-hydroxylation sites is 1. The van der Waals surface area contributed by atoms with Crippen molar-refractivity contribution in [1.82, 2.24) is 20.3 Å². The minimum absolute atomic E-state index is 0.540. The first kappa shape index (κ1) is 28.2. The third kappa shape index (κ3) is 4.69. The zero-order chi connectivity index (χ0) is 32.9. The third-order valence-corrected chi connectivity index (χ3v) is 9.13. The fourth-order valence-corrected chi connectivity index (χ4v) is 6.87. The normalized spacial score (nSPS) is 12.8. The molecule has 228 valence electrons. The Labute approximate surface area is 280 Å². The minimum atomic E-state index is 0.540. The summed E-state index contributed by atoms with van der Waals surface area (Å²) in [5.41, 5.74) is 10.0. The molecule has 0 saturated heterocycles. The molecule has 1 aliphatic heterocycles. The molecule has 0 bridgehead atoms. The second kappa shape index (κ2) is 11.3. The molecule has 4 aromatic heterocycles. The van der Waals surface area contributed by atoms with Gasteiger partial charge in [-0.05, 0) is 92.9 Å². The number of allylic oxidation sites excluding steroid dienone is 2. The first-order valence-electron chi connectivity index (χ1n) is 15.8. The van der Waals surface area contributed by atoms with Crippen LogP contribution >= 0.6 is 0 Å². The molecular formula is C42H24N6O. The van der Waals surface area contributed by atoms with Crippen LogP contribution in [0.4, 0.5) is 0 Å². The van der Waals surface area contributed by atoms with Crippen LogP contribution in [0.15, 0.2) is 132 Å². The number of aromatic nitrogens is 3. The lowest BCUT2D eigenvalue weighted by atomic mass is 9.85. The van der Waals surface area contributed by atoms with Crippen LogP contribution in [-0.4, -0.2) is 21.5 Å². The Kier molecular flexibility index (Phi) is 6.50. The zero-order valence-corrected chi connectivity index (χ0v) is 26.0. The molecule has 0 fully saturated rings. The highest BCUT2D eigenvalue weighted by atomic mass is 16.3. The molecule has 0 unspecified atom stereocenters. The van der Waals surface area contributed by atoms with Gasteiger partial charge in [-0.1, -0.05) is 54.6 Å². The minimum Gasteiger partial charge on any atom is -0.456 e. The summed E-state index contributed by atoms with van der Waals surface area (Å²) in [6, 6.07) is 36.4. The number of furan rings is 1. The van der Waals surface area contributed by atoms with Crippen LogP contribution in [0.25, 0.3) is 77.3 Å². The maximum Gasteiger partial charge on any atom is 0.136 e. The number of nitrogens with one attached hydrogen (secondary N) is 1. The summed E-state index contributed by atoms with van der Waals surface area (Å²) in [5.74, 6) is 0. The fourth-order valence-electron chi connectivity index (χ4n) is 6.87. The Balaban J connectivity index is 1.30. The van der Waals surface area contributed by atoms with Gasteiger partial charge in [0.15, 0.2) is 0 Å². The molecular weight excluding hydrogens is 605 g/mol. The van der Waals surface area contributed by atoms with Crippen molar-refractivity contribution in [3.8, 4) is 34.7 Å². The molecule has 5 heterocycles. The van der Waals surface area contributed by atoms with E-state index in [4.69, 9.17) is 9.40 Å². The van der Waals surface area contributed by atoms with Gasteiger partial charge in [-0.25, -0.2) is 0 Å². The molecule has 4 aromatic carbocycles. The molecule has 8 aromatic rings. The van der Waals surface area contributed by atoms with E-state index in [1.54, 1.807) is 36.7 Å². The summed E-state index contributed by atoms with van der Waals surface area (Å²) >= 11 is 0. The van der Waals surface area contributed by atoms with Gasteiger partial charge in [0, 0.05) is 41.5 Å². The van der Waals surface area contributed by atoms with Crippen LogP contribution in [0.3, 0.4) is 0 Å². The van der Waals surface area contributed by atoms with Crippen molar-refractivity contribution < 1.29 is 4.42 Å². The third-order valence-electron chi connectivity index (χ3n) is 9.13. The number of hydrogen-bond acceptors (Lipinski definition) is 7. The standard InChI is InChI=1S/C42H24N6O/c43-21-25-13-15-45-37(17-25)35-11-9-27(23-47-35)41-30-6-1-2-7-31(30)42(28-10-12-36(48-24-28)38-18-26(22-44)14-16-46-38)34-20-40-32(19-33(34)41)29-5-3-4-8-39(29)49-40/h1-20,24,47H,23H2. The van der Waals surface area contributed by atoms with E-state index in [0.717, 1.165) is 77.1 Å². The number of dihydropyridines is 1. The van der Waals surface area contributed by atoms with Crippen molar-refractivity contribution in [2.75, 3.05) is 6.54 Å². The summed E-state index contributed by atoms with van der Waals surface area (Å²) in [6.45, 7) is 0.581. The van der Waals surface area contributed by atoms with Crippen LogP contribution < -0.4 is 5.32 Å². The smallest absolute Gasteiger partial charge is 0.136 e. The molecule has 0 spiro atoms. The van der Waals surface area contributed by atoms with Gasteiger partial charge in [-0.3, -0.25) is 15.0 Å². The van der Waals surface area contributed by atoms with Gasteiger partial charge in [0.25, 0.3) is 0 Å². The Hall–Kier alpha value is -7.09. The number of nitrogens with zero attached hydrogens (tertiary/aromatic N) is 5. The molecule has 49 heavy (non-hydrogen) atoms. The average molecular weight is 629 g/mol. The van der Waals surface area contributed by atoms with Gasteiger partial charge < -0.3 is 9.73 Å². The Morgan fingerprint density at radius 1 is 0.571 bits per heavy atom. The van der Waals surface area contributed by atoms with Crippen molar-refractivity contribution >= 4 is 54.8 Å². The second-order valence-corrected chi connectivity index (χ2v) is 11.9. The molecule has 9 rings (SSSR count). The van der Waals surface area contributed by atoms with Gasteiger partial charge >= 0.3 is 0 Å². The monoisotopic (exact) mass is 628 g/mol. The average Bonchev–Trinajstić information content (AvgIpc) is 3.54. The Morgan fingerprint density at radius 2 is 1.27 bits per heavy atom. The lowest BCUT2D eigenvalue weighted by molar-refractivity contribution is 0.669. The van der Waals surface area contributed by atoms with Crippen LogP contribution in [0.1, 0.15) is 22.4 Å². The van der Waals surface area contributed by atoms with E-state index in [9.17, 15) is 10.5 Å². The highest BCUT2D eigenvalue weighted by Gasteiger charge is 2.22. The predicted molar refractivity (Wildman–Crippen MR) is 193 cm³/mol. The maximum atomic E-state index is 9.41. The summed E-state index contributed by atoms with van der Waals surface area (Å²) in [7, 11) is 0. The first-order chi connectivity index (χ1) is 24.2. The molecule has 0 amide bonds. The lowest BCUT2D eigenvalue weighted by Crippen LogP contribution is -2.19. The van der Waals surface area contributed by atoms with Crippen LogP contribution in [-0.2, 0) is 0 Å². The van der Waals surface area contributed by atoms with E-state index in [1.165, 1.54) is 0 Å². The van der Waals surface area contributed by atoms with Crippen molar-refractivity contribution in [2.45, 2.75) is 0 Å². The van der Waals surface area contributed by atoms with Crippen LogP contribution in [0.2, 0.25) is 0 Å². The molecule has 0 atom stereocenters. The molecule has 0 aliphatic carbocycles. The summed E-state index contributed by atoms with van der Waals surface area (Å²) in [6.07, 6.45) is 9.38. The Morgan fingerprint density at radius 3 is 1.98 bits per heavy atom. The summed E-state index contributed by atoms with van der Waals surface area (Å²) in [5, 5.41) is 28.9. The first-order valence-corrected chi connectivity index (χ1v) is 15.8. The number of benzene rings is 4. The molecule has 0 saturated carbocycles. The van der Waals surface area contributed by atoms with E-state index in [2.05, 4.69) is 82.0 Å². The quantitative estimate of drug-likeness (QED) is 0.193. The van der Waals surface area contributed by atoms with Crippen molar-refractivity contribution in [2.24, 2.45) is 0 Å². The van der Waals surface area contributed by atoms with Gasteiger partial charge in [-0.2, -0.15) is 10.5 Å². The molecule has 1 N–H and O–H groups in total. The topological polar surface area (TPSA) is 111 Å². The SMILES string of the molecule is N#Cc1ccnc(C2=CC=C(c3c4ccccc4c(-c4ccc(-c5cc(C#N)ccn5)nc4)c4cc5oc6ccccc6c5cc34)CN2)c1. The van der Waals surface area contributed by atoms with Crippen LogP contribution in [0, 0.1) is 22.7 Å². The van der Waals surface area contributed by atoms with Gasteiger partial charge in [-0.15, -0.1) is 0 Å². The number of hydrogen-bond donors (Lipinski definition) is 1. The molecule has 1 aliphatic rings. The van der Waals surface area contributed by atoms with Crippen molar-refractivity contribution in [3.05, 3.63) is 150 Å². The lowest BCUT2D eigenvalue weighted by Gasteiger charge is -2.22. The zero-order valence-electron chi connectivity index (χ0n) is 26.0. The molecule has 0 radical (unpaired) electrons. The van der Waals surface area contributed by atoms with E-state index in [1.807, 2.05) is 36.5 Å². The van der Waals surface area contributed by atoms with E-state index < -0.39 is 0 Å².